The fourth-order valence-corrected chi connectivity index (χ4v) is 7.69. The summed E-state index contributed by atoms with van der Waals surface area (Å²) in [4.78, 5) is 26.6. The van der Waals surface area contributed by atoms with Gasteiger partial charge in [0, 0.05) is 22.3 Å². The predicted octanol–water partition coefficient (Wildman–Crippen LogP) is 4.79. The maximum atomic E-state index is 13.3. The molecule has 2 heteroatoms. The Morgan fingerprint density at radius 3 is 1.52 bits per heavy atom. The molecule has 4 atom stereocenters. The van der Waals surface area contributed by atoms with E-state index in [1.54, 1.807) is 0 Å². The third kappa shape index (κ3) is 1.39. The standard InChI is InChI=1S/C23H22O2/c24-22-16-8-14-15(19-13-6-5-12(7-13)18(14)19)9-17(16)23(25)21-11-2-1-10(3-4-11)20(21)22/h8-13,18-19H,1-7H2/t10?,11?,12-,13+,18-,19+. The van der Waals surface area contributed by atoms with E-state index in [-0.39, 0.29) is 11.6 Å². The van der Waals surface area contributed by atoms with Crippen LogP contribution in [0.4, 0.5) is 0 Å². The molecule has 3 fully saturated rings. The lowest BCUT2D eigenvalue weighted by atomic mass is 9.58. The van der Waals surface area contributed by atoms with E-state index in [1.165, 1.54) is 30.4 Å². The molecule has 0 amide bonds. The molecule has 0 unspecified atom stereocenters. The number of hydrogen-bond donors (Lipinski definition) is 0. The summed E-state index contributed by atoms with van der Waals surface area (Å²) < 4.78 is 0. The third-order valence-corrected chi connectivity index (χ3v) is 8.67. The number of carbonyl (C=O) groups excluding carboxylic acids is 2. The average molecular weight is 330 g/mol. The molecule has 4 bridgehead atoms. The van der Waals surface area contributed by atoms with Crippen LogP contribution in [-0.4, -0.2) is 11.6 Å². The maximum Gasteiger partial charge on any atom is 0.190 e. The highest BCUT2D eigenvalue weighted by Crippen LogP contribution is 2.68. The number of Topliss-reactive ketones (excluding diaryl/α,β-unsaturated/α-hetero) is 2. The topological polar surface area (TPSA) is 34.1 Å². The summed E-state index contributed by atoms with van der Waals surface area (Å²) >= 11 is 0. The minimum atomic E-state index is 0.202. The van der Waals surface area contributed by atoms with Crippen LogP contribution in [0, 0.1) is 23.7 Å². The zero-order valence-corrected chi connectivity index (χ0v) is 14.4. The van der Waals surface area contributed by atoms with E-state index in [4.69, 9.17) is 0 Å². The zero-order valence-electron chi connectivity index (χ0n) is 14.4. The summed E-state index contributed by atoms with van der Waals surface area (Å²) in [5.74, 6) is 4.18. The molecule has 1 aromatic carbocycles. The van der Waals surface area contributed by atoms with Gasteiger partial charge in [-0.25, -0.2) is 0 Å². The number of rotatable bonds is 0. The van der Waals surface area contributed by atoms with Gasteiger partial charge in [0.2, 0.25) is 0 Å². The molecule has 0 radical (unpaired) electrons. The molecule has 7 aliphatic carbocycles. The Labute approximate surface area is 147 Å². The summed E-state index contributed by atoms with van der Waals surface area (Å²) in [6.07, 6.45) is 8.54. The van der Waals surface area contributed by atoms with Gasteiger partial charge in [-0.05, 0) is 104 Å². The van der Waals surface area contributed by atoms with Crippen LogP contribution in [0.5, 0.6) is 0 Å². The van der Waals surface area contributed by atoms with Gasteiger partial charge in [-0.2, -0.15) is 0 Å². The van der Waals surface area contributed by atoms with Crippen molar-refractivity contribution in [3.05, 3.63) is 45.5 Å². The van der Waals surface area contributed by atoms with E-state index in [1.807, 2.05) is 0 Å². The number of ketones is 2. The monoisotopic (exact) mass is 330 g/mol. The van der Waals surface area contributed by atoms with Crippen molar-refractivity contribution in [2.24, 2.45) is 23.7 Å². The lowest BCUT2D eigenvalue weighted by molar-refractivity contribution is 0.0920. The Bertz CT molecular complexity index is 839. The predicted molar refractivity (Wildman–Crippen MR) is 93.9 cm³/mol. The minimum absolute atomic E-state index is 0.202. The zero-order chi connectivity index (χ0) is 16.4. The lowest BCUT2D eigenvalue weighted by Gasteiger charge is -2.45. The second-order valence-corrected chi connectivity index (χ2v) is 9.45. The minimum Gasteiger partial charge on any atom is -0.289 e. The second kappa shape index (κ2) is 4.16. The molecule has 8 rings (SSSR count). The van der Waals surface area contributed by atoms with Crippen molar-refractivity contribution in [1.29, 1.82) is 0 Å². The summed E-state index contributed by atoms with van der Waals surface area (Å²) in [6.45, 7) is 0. The van der Waals surface area contributed by atoms with Gasteiger partial charge in [-0.15, -0.1) is 0 Å². The highest BCUT2D eigenvalue weighted by Gasteiger charge is 2.56. The first-order valence-electron chi connectivity index (χ1n) is 10.2. The highest BCUT2D eigenvalue weighted by atomic mass is 16.1. The molecule has 0 aliphatic heterocycles. The normalized spacial score (nSPS) is 42.1. The Balaban J connectivity index is 1.42. The molecule has 0 N–H and O–H groups in total. The number of allylic oxidation sites excluding steroid dienone is 2. The van der Waals surface area contributed by atoms with E-state index >= 15 is 0 Å². The second-order valence-electron chi connectivity index (χ2n) is 9.45. The van der Waals surface area contributed by atoms with Crippen molar-refractivity contribution in [2.75, 3.05) is 0 Å². The third-order valence-electron chi connectivity index (χ3n) is 8.67. The van der Waals surface area contributed by atoms with E-state index in [9.17, 15) is 9.59 Å². The first-order chi connectivity index (χ1) is 12.2. The quantitative estimate of drug-likeness (QED) is 0.685. The number of benzene rings is 1. The van der Waals surface area contributed by atoms with Gasteiger partial charge in [-0.3, -0.25) is 9.59 Å². The van der Waals surface area contributed by atoms with Crippen molar-refractivity contribution in [3.63, 3.8) is 0 Å². The van der Waals surface area contributed by atoms with Crippen LogP contribution in [0.25, 0.3) is 0 Å². The van der Waals surface area contributed by atoms with Gasteiger partial charge in [0.1, 0.15) is 0 Å². The van der Waals surface area contributed by atoms with Crippen LogP contribution >= 0.6 is 0 Å². The molecule has 0 saturated heterocycles. The number of hydrogen-bond acceptors (Lipinski definition) is 2. The first kappa shape index (κ1) is 13.5. The van der Waals surface area contributed by atoms with Gasteiger partial charge in [-0.1, -0.05) is 0 Å². The Morgan fingerprint density at radius 2 is 1.08 bits per heavy atom. The fourth-order valence-electron chi connectivity index (χ4n) is 7.69. The Kier molecular flexibility index (Phi) is 2.25. The molecule has 0 spiro atoms. The van der Waals surface area contributed by atoms with Gasteiger partial charge < -0.3 is 0 Å². The lowest BCUT2D eigenvalue weighted by Crippen LogP contribution is -2.38. The van der Waals surface area contributed by atoms with Crippen molar-refractivity contribution in [2.45, 2.75) is 56.8 Å². The van der Waals surface area contributed by atoms with Crippen LogP contribution in [-0.2, 0) is 0 Å². The molecular formula is C23H22O2. The summed E-state index contributed by atoms with van der Waals surface area (Å²) in [7, 11) is 0. The van der Waals surface area contributed by atoms with E-state index in [0.29, 0.717) is 23.7 Å². The SMILES string of the molecule is O=C1C2=C(C(=O)c3cc4c(cc31)[C@@H]1[C@H]3CC[C@H](C3)[C@H]41)C1CCC2CC1. The molecule has 0 heterocycles. The summed E-state index contributed by atoms with van der Waals surface area (Å²) in [5, 5.41) is 0. The molecule has 1 aromatic rings. The van der Waals surface area contributed by atoms with Crippen molar-refractivity contribution in [3.8, 4) is 0 Å². The van der Waals surface area contributed by atoms with Crippen LogP contribution in [0.15, 0.2) is 23.3 Å². The average Bonchev–Trinajstić information content (AvgIpc) is 3.21. The van der Waals surface area contributed by atoms with Crippen molar-refractivity contribution < 1.29 is 9.59 Å². The smallest absolute Gasteiger partial charge is 0.190 e. The number of carbonyl (C=O) groups is 2. The first-order valence-corrected chi connectivity index (χ1v) is 10.2. The molecule has 2 nitrogen and oxygen atoms in total. The van der Waals surface area contributed by atoms with Crippen LogP contribution in [0.2, 0.25) is 0 Å². The van der Waals surface area contributed by atoms with Crippen LogP contribution in [0.3, 0.4) is 0 Å². The molecule has 7 aliphatic rings. The Hall–Kier alpha value is -1.70. The fraction of sp³-hybridized carbons (Fsp3) is 0.565. The molecule has 0 aromatic heterocycles. The van der Waals surface area contributed by atoms with Gasteiger partial charge in [0.25, 0.3) is 0 Å². The molecule has 3 saturated carbocycles. The number of fused-ring (bicyclic) bond motifs is 11. The largest absolute Gasteiger partial charge is 0.289 e. The van der Waals surface area contributed by atoms with E-state index in [2.05, 4.69) is 12.1 Å². The van der Waals surface area contributed by atoms with Crippen LogP contribution < -0.4 is 0 Å². The van der Waals surface area contributed by atoms with E-state index in [0.717, 1.165) is 59.8 Å². The molecular weight excluding hydrogens is 308 g/mol. The summed E-state index contributed by atoms with van der Waals surface area (Å²) in [5.41, 5.74) is 6.17. The van der Waals surface area contributed by atoms with Crippen molar-refractivity contribution in [1.82, 2.24) is 0 Å². The van der Waals surface area contributed by atoms with Gasteiger partial charge in [0.15, 0.2) is 11.6 Å². The summed E-state index contributed by atoms with van der Waals surface area (Å²) in [6, 6.07) is 4.30. The van der Waals surface area contributed by atoms with Gasteiger partial charge in [0.05, 0.1) is 0 Å². The van der Waals surface area contributed by atoms with Gasteiger partial charge >= 0.3 is 0 Å². The highest BCUT2D eigenvalue weighted by molar-refractivity contribution is 6.27. The molecule has 25 heavy (non-hydrogen) atoms. The van der Waals surface area contributed by atoms with E-state index < -0.39 is 0 Å². The molecule has 126 valence electrons. The van der Waals surface area contributed by atoms with Crippen LogP contribution in [0.1, 0.15) is 88.6 Å². The maximum absolute atomic E-state index is 13.3. The van der Waals surface area contributed by atoms with Crippen molar-refractivity contribution >= 4 is 11.6 Å². The Morgan fingerprint density at radius 1 is 0.640 bits per heavy atom.